The van der Waals surface area contributed by atoms with E-state index in [0.717, 1.165) is 11.1 Å². The van der Waals surface area contributed by atoms with Crippen molar-refractivity contribution in [2.45, 2.75) is 5.38 Å². The van der Waals surface area contributed by atoms with E-state index in [9.17, 15) is 0 Å². The lowest BCUT2D eigenvalue weighted by atomic mass is 10.0. The Hall–Kier alpha value is -1.67. The van der Waals surface area contributed by atoms with Crippen molar-refractivity contribution in [3.8, 4) is 0 Å². The minimum Gasteiger partial charge on any atom is -0.378 e. The van der Waals surface area contributed by atoms with Crippen molar-refractivity contribution in [3.05, 3.63) is 59.7 Å². The first-order valence-corrected chi connectivity index (χ1v) is 7.11. The monoisotopic (exact) mass is 288 g/mol. The molecule has 0 saturated heterocycles. The summed E-state index contributed by atoms with van der Waals surface area (Å²) in [4.78, 5) is 4.16. The highest BCUT2D eigenvalue weighted by Gasteiger charge is 2.11. The maximum absolute atomic E-state index is 6.57. The number of halogens is 1. The summed E-state index contributed by atoms with van der Waals surface area (Å²) in [5.74, 6) is 0. The third-order valence-corrected chi connectivity index (χ3v) is 3.91. The van der Waals surface area contributed by atoms with Crippen molar-refractivity contribution in [2.24, 2.45) is 0 Å². The van der Waals surface area contributed by atoms with E-state index in [0.29, 0.717) is 0 Å². The Balaban J connectivity index is 2.19. The lowest BCUT2D eigenvalue weighted by Crippen LogP contribution is -2.09. The van der Waals surface area contributed by atoms with Crippen LogP contribution in [0.25, 0.3) is 0 Å². The van der Waals surface area contributed by atoms with Crippen molar-refractivity contribution in [1.29, 1.82) is 0 Å². The number of nitrogens with zero attached hydrogens (tertiary/aromatic N) is 2. The number of benzene rings is 2. The van der Waals surface area contributed by atoms with Crippen molar-refractivity contribution in [3.63, 3.8) is 0 Å². The molecule has 0 radical (unpaired) electrons. The summed E-state index contributed by atoms with van der Waals surface area (Å²) in [7, 11) is 8.14. The zero-order chi connectivity index (χ0) is 14.7. The number of rotatable bonds is 4. The average Bonchev–Trinajstić information content (AvgIpc) is 2.46. The third kappa shape index (κ3) is 3.26. The molecular weight excluding hydrogens is 268 g/mol. The van der Waals surface area contributed by atoms with Gasteiger partial charge in [0, 0.05) is 39.6 Å². The third-order valence-electron chi connectivity index (χ3n) is 3.40. The van der Waals surface area contributed by atoms with Gasteiger partial charge in [0.1, 0.15) is 0 Å². The second kappa shape index (κ2) is 6.19. The standard InChI is InChI=1S/C17H21ClN2/c1-19(2)15-9-5-13(6-10-15)17(18)14-7-11-16(12-8-14)20(3)4/h5-12,17H,1-4H3. The zero-order valence-corrected chi connectivity index (χ0v) is 13.2. The molecule has 2 aromatic rings. The summed E-state index contributed by atoms with van der Waals surface area (Å²) in [5.41, 5.74) is 4.60. The number of hydrogen-bond acceptors (Lipinski definition) is 2. The summed E-state index contributed by atoms with van der Waals surface area (Å²) in [6.45, 7) is 0. The molecule has 0 spiro atoms. The maximum Gasteiger partial charge on any atom is 0.0835 e. The van der Waals surface area contributed by atoms with Crippen LogP contribution in [0, 0.1) is 0 Å². The molecule has 0 amide bonds. The molecule has 0 atom stereocenters. The molecule has 0 N–H and O–H groups in total. The van der Waals surface area contributed by atoms with Gasteiger partial charge < -0.3 is 9.80 Å². The Morgan fingerprint density at radius 2 is 0.950 bits per heavy atom. The number of anilines is 2. The summed E-state index contributed by atoms with van der Waals surface area (Å²) < 4.78 is 0. The normalized spacial score (nSPS) is 10.7. The van der Waals surface area contributed by atoms with Gasteiger partial charge in [0.15, 0.2) is 0 Å². The fourth-order valence-corrected chi connectivity index (χ4v) is 2.37. The molecule has 106 valence electrons. The van der Waals surface area contributed by atoms with E-state index < -0.39 is 0 Å². The van der Waals surface area contributed by atoms with Gasteiger partial charge in [0.2, 0.25) is 0 Å². The molecule has 0 fully saturated rings. The largest absolute Gasteiger partial charge is 0.378 e. The SMILES string of the molecule is CN(C)c1ccc(C(Cl)c2ccc(N(C)C)cc2)cc1. The van der Waals surface area contributed by atoms with E-state index in [4.69, 9.17) is 11.6 Å². The summed E-state index contributed by atoms with van der Waals surface area (Å²) >= 11 is 6.57. The van der Waals surface area contributed by atoms with Crippen molar-refractivity contribution < 1.29 is 0 Å². The van der Waals surface area contributed by atoms with Gasteiger partial charge in [-0.15, -0.1) is 11.6 Å². The first-order valence-electron chi connectivity index (χ1n) is 6.67. The Kier molecular flexibility index (Phi) is 4.56. The molecule has 0 saturated carbocycles. The highest BCUT2D eigenvalue weighted by molar-refractivity contribution is 6.22. The van der Waals surface area contributed by atoms with Crippen LogP contribution in [-0.4, -0.2) is 28.2 Å². The maximum atomic E-state index is 6.57. The zero-order valence-electron chi connectivity index (χ0n) is 12.5. The number of alkyl halides is 1. The van der Waals surface area contributed by atoms with Gasteiger partial charge in [-0.05, 0) is 35.4 Å². The van der Waals surface area contributed by atoms with Gasteiger partial charge in [-0.3, -0.25) is 0 Å². The molecule has 0 heterocycles. The molecule has 0 aromatic heterocycles. The van der Waals surface area contributed by atoms with Crippen molar-refractivity contribution >= 4 is 23.0 Å². The van der Waals surface area contributed by atoms with E-state index in [1.165, 1.54) is 11.4 Å². The Morgan fingerprint density at radius 3 is 1.20 bits per heavy atom. The lowest BCUT2D eigenvalue weighted by Gasteiger charge is -2.16. The Bertz CT molecular complexity index is 493. The van der Waals surface area contributed by atoms with E-state index >= 15 is 0 Å². The average molecular weight is 289 g/mol. The summed E-state index contributed by atoms with van der Waals surface area (Å²) in [5, 5.41) is -0.109. The van der Waals surface area contributed by atoms with Crippen LogP contribution in [0.4, 0.5) is 11.4 Å². The van der Waals surface area contributed by atoms with E-state index in [1.807, 2.05) is 28.2 Å². The first-order chi connectivity index (χ1) is 9.49. The van der Waals surface area contributed by atoms with Crippen LogP contribution in [-0.2, 0) is 0 Å². The molecule has 2 nitrogen and oxygen atoms in total. The van der Waals surface area contributed by atoms with Crippen molar-refractivity contribution in [2.75, 3.05) is 38.0 Å². The number of hydrogen-bond donors (Lipinski definition) is 0. The van der Waals surface area contributed by atoms with E-state index in [2.05, 4.69) is 58.3 Å². The fraction of sp³-hybridized carbons (Fsp3) is 0.294. The van der Waals surface area contributed by atoms with Gasteiger partial charge in [-0.1, -0.05) is 24.3 Å². The van der Waals surface area contributed by atoms with Crippen molar-refractivity contribution in [1.82, 2.24) is 0 Å². The smallest absolute Gasteiger partial charge is 0.0835 e. The second-order valence-electron chi connectivity index (χ2n) is 5.33. The molecule has 0 aliphatic heterocycles. The highest BCUT2D eigenvalue weighted by Crippen LogP contribution is 2.30. The minimum atomic E-state index is -0.109. The van der Waals surface area contributed by atoms with Crippen LogP contribution in [0.3, 0.4) is 0 Å². The molecule has 20 heavy (non-hydrogen) atoms. The van der Waals surface area contributed by atoms with Crippen LogP contribution >= 0.6 is 11.6 Å². The molecule has 0 unspecified atom stereocenters. The van der Waals surface area contributed by atoms with Crippen LogP contribution in [0.1, 0.15) is 16.5 Å². The van der Waals surface area contributed by atoms with E-state index in [-0.39, 0.29) is 5.38 Å². The second-order valence-corrected chi connectivity index (χ2v) is 5.77. The predicted octanol–water partition coefficient (Wildman–Crippen LogP) is 4.15. The van der Waals surface area contributed by atoms with Gasteiger partial charge in [0.05, 0.1) is 5.38 Å². The molecule has 3 heteroatoms. The summed E-state index contributed by atoms with van der Waals surface area (Å²) in [6.07, 6.45) is 0. The van der Waals surface area contributed by atoms with Crippen LogP contribution < -0.4 is 9.80 Å². The van der Waals surface area contributed by atoms with Gasteiger partial charge in [-0.25, -0.2) is 0 Å². The Morgan fingerprint density at radius 1 is 0.650 bits per heavy atom. The topological polar surface area (TPSA) is 6.48 Å². The molecule has 0 aliphatic rings. The quantitative estimate of drug-likeness (QED) is 0.780. The lowest BCUT2D eigenvalue weighted by molar-refractivity contribution is 1.10. The van der Waals surface area contributed by atoms with Crippen LogP contribution in [0.5, 0.6) is 0 Å². The summed E-state index contributed by atoms with van der Waals surface area (Å²) in [6, 6.07) is 16.7. The molecule has 0 bridgehead atoms. The van der Waals surface area contributed by atoms with Gasteiger partial charge >= 0.3 is 0 Å². The molecule has 0 aliphatic carbocycles. The Labute approximate surface area is 126 Å². The highest BCUT2D eigenvalue weighted by atomic mass is 35.5. The molecule has 2 aromatic carbocycles. The molecular formula is C17H21ClN2. The van der Waals surface area contributed by atoms with Gasteiger partial charge in [-0.2, -0.15) is 0 Å². The first kappa shape index (κ1) is 14.7. The van der Waals surface area contributed by atoms with E-state index in [1.54, 1.807) is 0 Å². The van der Waals surface area contributed by atoms with Crippen LogP contribution in [0.2, 0.25) is 0 Å². The minimum absolute atomic E-state index is 0.109. The molecule has 2 rings (SSSR count). The fourth-order valence-electron chi connectivity index (χ4n) is 2.08. The van der Waals surface area contributed by atoms with Gasteiger partial charge in [0.25, 0.3) is 0 Å². The van der Waals surface area contributed by atoms with Crippen LogP contribution in [0.15, 0.2) is 48.5 Å². The predicted molar refractivity (Wildman–Crippen MR) is 89.2 cm³/mol.